The molecule has 1 aromatic heterocycles. The van der Waals surface area contributed by atoms with Crippen molar-refractivity contribution < 1.29 is 37.4 Å². The number of hydrogen-bond acceptors (Lipinski definition) is 7. The first-order valence-electron chi connectivity index (χ1n) is 11.2. The molecule has 1 heterocycles. The summed E-state index contributed by atoms with van der Waals surface area (Å²) in [5.41, 5.74) is 3.36. The first kappa shape index (κ1) is 28.7. The lowest BCUT2D eigenvalue weighted by Crippen LogP contribution is -2.19. The van der Waals surface area contributed by atoms with E-state index in [1.165, 1.54) is 24.5 Å². The van der Waals surface area contributed by atoms with Crippen LogP contribution in [0.1, 0.15) is 31.8 Å². The van der Waals surface area contributed by atoms with Gasteiger partial charge in [0, 0.05) is 15.4 Å². The molecular formula is C26H20BrF2N2O6PS. The van der Waals surface area contributed by atoms with Crippen LogP contribution < -0.4 is 4.80 Å². The summed E-state index contributed by atoms with van der Waals surface area (Å²) in [6, 6.07) is 20.4. The van der Waals surface area contributed by atoms with E-state index in [4.69, 9.17) is 4.74 Å². The number of halogens is 3. The Balaban J connectivity index is 1.74. The second-order valence-corrected chi connectivity index (χ2v) is 11.7. The summed E-state index contributed by atoms with van der Waals surface area (Å²) in [5, 5.41) is 1.85. The van der Waals surface area contributed by atoms with Crippen molar-refractivity contribution in [3.63, 3.8) is 0 Å². The van der Waals surface area contributed by atoms with Crippen LogP contribution in [-0.4, -0.2) is 23.6 Å². The number of carbonyl (C=O) groups excluding carboxylic acids is 2. The minimum atomic E-state index is -4.57. The summed E-state index contributed by atoms with van der Waals surface area (Å²) in [6.07, 6.45) is -0.629. The predicted molar refractivity (Wildman–Crippen MR) is 144 cm³/mol. The van der Waals surface area contributed by atoms with Crippen molar-refractivity contribution in [2.75, 3.05) is 7.11 Å². The fraction of sp³-hybridized carbons (Fsp3) is 0.115. The minimum absolute atomic E-state index is 0.258. The number of thiazole rings is 1. The lowest BCUT2D eigenvalue weighted by atomic mass is 10.1. The molecule has 0 spiro atoms. The first-order chi connectivity index (χ1) is 18.8. The smallest absolute Gasteiger partial charge is 0.399 e. The van der Waals surface area contributed by atoms with Gasteiger partial charge in [-0.05, 0) is 56.1 Å². The van der Waals surface area contributed by atoms with Gasteiger partial charge in [0.15, 0.2) is 4.80 Å². The Bertz CT molecular complexity index is 1600. The SMILES string of the molecule is COC(=O)c1ccc(-c2csc(=NC(=O)c3ccccc3)n2Cc2ccc(CP(=O)(OF)OF)c(Br)c2)cc1. The van der Waals surface area contributed by atoms with Gasteiger partial charge < -0.3 is 9.30 Å². The highest BCUT2D eigenvalue weighted by molar-refractivity contribution is 9.10. The van der Waals surface area contributed by atoms with E-state index in [1.807, 2.05) is 9.95 Å². The molecule has 0 bridgehead atoms. The third-order valence-electron chi connectivity index (χ3n) is 5.65. The molecule has 13 heteroatoms. The summed E-state index contributed by atoms with van der Waals surface area (Å²) in [5.74, 6) is -0.877. The number of amides is 1. The van der Waals surface area contributed by atoms with Gasteiger partial charge in [-0.1, -0.05) is 58.4 Å². The maximum atomic E-state index is 12.9. The van der Waals surface area contributed by atoms with Gasteiger partial charge >= 0.3 is 13.6 Å². The standard InChI is InChI=1S/C26H20BrF2N2O6PS/c1-35-25(33)20-11-9-18(10-12-20)23-16-39-26(30-24(32)19-5-3-2-4-6-19)31(23)14-17-7-8-21(22(27)13-17)15-38(34,36-28)37-29/h2-13,16H,14-15H2,1H3. The second kappa shape index (κ2) is 12.7. The molecule has 8 nitrogen and oxygen atoms in total. The van der Waals surface area contributed by atoms with Gasteiger partial charge in [0.25, 0.3) is 5.91 Å². The van der Waals surface area contributed by atoms with Crippen molar-refractivity contribution in [3.8, 4) is 11.3 Å². The predicted octanol–water partition coefficient (Wildman–Crippen LogP) is 7.05. The van der Waals surface area contributed by atoms with Crippen LogP contribution >= 0.6 is 34.9 Å². The number of esters is 1. The molecule has 0 atom stereocenters. The van der Waals surface area contributed by atoms with Gasteiger partial charge in [-0.2, -0.15) is 4.99 Å². The van der Waals surface area contributed by atoms with E-state index in [0.717, 1.165) is 16.8 Å². The highest BCUT2D eigenvalue weighted by atomic mass is 79.9. The van der Waals surface area contributed by atoms with E-state index in [2.05, 4.69) is 30.4 Å². The third-order valence-corrected chi connectivity index (χ3v) is 8.40. The molecule has 4 aromatic rings. The lowest BCUT2D eigenvalue weighted by molar-refractivity contribution is -0.0881. The minimum Gasteiger partial charge on any atom is -0.465 e. The van der Waals surface area contributed by atoms with Crippen LogP contribution in [0.3, 0.4) is 0 Å². The summed E-state index contributed by atoms with van der Waals surface area (Å²) in [7, 11) is -3.27. The van der Waals surface area contributed by atoms with E-state index in [9.17, 15) is 23.2 Å². The maximum absolute atomic E-state index is 12.9. The molecule has 4 rings (SSSR count). The summed E-state index contributed by atoms with van der Waals surface area (Å²) < 4.78 is 50.4. The fourth-order valence-electron chi connectivity index (χ4n) is 3.70. The summed E-state index contributed by atoms with van der Waals surface area (Å²) in [6.45, 7) is 0.258. The average Bonchev–Trinajstić information content (AvgIpc) is 3.35. The Kier molecular flexibility index (Phi) is 9.36. The van der Waals surface area contributed by atoms with Gasteiger partial charge in [0.05, 0.1) is 31.1 Å². The number of methoxy groups -OCH3 is 1. The zero-order chi connectivity index (χ0) is 28.0. The van der Waals surface area contributed by atoms with Crippen molar-refractivity contribution >= 4 is 46.7 Å². The summed E-state index contributed by atoms with van der Waals surface area (Å²) in [4.78, 5) is 29.5. The molecule has 0 aliphatic heterocycles. The van der Waals surface area contributed by atoms with Crippen LogP contribution in [0.4, 0.5) is 9.05 Å². The Morgan fingerprint density at radius 3 is 2.31 bits per heavy atom. The third kappa shape index (κ3) is 6.84. The Morgan fingerprint density at radius 1 is 1.00 bits per heavy atom. The van der Waals surface area contributed by atoms with Crippen molar-refractivity contribution in [3.05, 3.63) is 110 Å². The average molecular weight is 637 g/mol. The van der Waals surface area contributed by atoms with Crippen molar-refractivity contribution in [2.24, 2.45) is 4.99 Å². The van der Waals surface area contributed by atoms with E-state index in [1.54, 1.807) is 66.7 Å². The second-order valence-electron chi connectivity index (χ2n) is 8.17. The van der Waals surface area contributed by atoms with Gasteiger partial charge in [0.1, 0.15) is 0 Å². The van der Waals surface area contributed by atoms with Crippen LogP contribution in [0, 0.1) is 0 Å². The molecule has 0 unspecified atom stereocenters. The van der Waals surface area contributed by atoms with Crippen molar-refractivity contribution in [1.29, 1.82) is 0 Å². The number of ether oxygens (including phenoxy) is 1. The van der Waals surface area contributed by atoms with Gasteiger partial charge in [-0.15, -0.1) is 20.8 Å². The molecule has 39 heavy (non-hydrogen) atoms. The molecular weight excluding hydrogens is 617 g/mol. The van der Waals surface area contributed by atoms with Crippen LogP contribution in [0.25, 0.3) is 11.3 Å². The normalized spacial score (nSPS) is 11.9. The largest absolute Gasteiger partial charge is 0.465 e. The zero-order valence-electron chi connectivity index (χ0n) is 20.3. The molecule has 3 aromatic carbocycles. The Hall–Kier alpha value is -3.28. The van der Waals surface area contributed by atoms with Gasteiger partial charge in [0.2, 0.25) is 0 Å². The molecule has 0 saturated heterocycles. The number of carbonyl (C=O) groups is 2. The van der Waals surface area contributed by atoms with E-state index >= 15 is 0 Å². The number of hydrogen-bond donors (Lipinski definition) is 0. The first-order valence-corrected chi connectivity index (χ1v) is 14.6. The summed E-state index contributed by atoms with van der Waals surface area (Å²) >= 11 is 4.61. The number of benzene rings is 3. The highest BCUT2D eigenvalue weighted by Gasteiger charge is 2.29. The molecule has 1 amide bonds. The molecule has 0 saturated carbocycles. The maximum Gasteiger partial charge on any atom is 0.399 e. The van der Waals surface area contributed by atoms with Crippen molar-refractivity contribution in [2.45, 2.75) is 12.7 Å². The number of aromatic nitrogens is 1. The monoisotopic (exact) mass is 636 g/mol. The Labute approximate surface area is 234 Å². The van der Waals surface area contributed by atoms with Gasteiger partial charge in [-0.25, -0.2) is 4.79 Å². The quantitative estimate of drug-likeness (QED) is 0.144. The van der Waals surface area contributed by atoms with E-state index in [0.29, 0.717) is 26.0 Å². The topological polar surface area (TPSA) is 96.2 Å². The Morgan fingerprint density at radius 2 is 1.69 bits per heavy atom. The van der Waals surface area contributed by atoms with Gasteiger partial charge in [-0.3, -0.25) is 9.36 Å². The van der Waals surface area contributed by atoms with Crippen LogP contribution in [0.5, 0.6) is 0 Å². The number of nitrogens with zero attached hydrogens (tertiary/aromatic N) is 2. The van der Waals surface area contributed by atoms with Crippen molar-refractivity contribution in [1.82, 2.24) is 4.57 Å². The molecule has 202 valence electrons. The molecule has 0 aliphatic carbocycles. The zero-order valence-corrected chi connectivity index (χ0v) is 23.5. The molecule has 0 fully saturated rings. The highest BCUT2D eigenvalue weighted by Crippen LogP contribution is 2.53. The van der Waals surface area contributed by atoms with E-state index < -0.39 is 25.6 Å². The lowest BCUT2D eigenvalue weighted by Gasteiger charge is -2.13. The van der Waals surface area contributed by atoms with E-state index in [-0.39, 0.29) is 6.54 Å². The molecule has 0 N–H and O–H groups in total. The van der Waals surface area contributed by atoms with Crippen LogP contribution in [-0.2, 0) is 31.5 Å². The van der Waals surface area contributed by atoms with Crippen LogP contribution in [0.2, 0.25) is 0 Å². The fourth-order valence-corrected chi connectivity index (χ4v) is 6.20. The van der Waals surface area contributed by atoms with Crippen LogP contribution in [0.15, 0.2) is 87.6 Å². The molecule has 0 aliphatic rings. The molecule has 0 radical (unpaired) electrons. The number of rotatable bonds is 9.